The number of oxazole rings is 1. The van der Waals surface area contributed by atoms with Crippen LogP contribution in [0.15, 0.2) is 51.5 Å². The molecule has 0 radical (unpaired) electrons. The number of carbonyl (C=O) groups excluding carboxylic acids is 1. The number of aromatic nitrogens is 1. The molecule has 9 heteroatoms. The number of halogens is 1. The van der Waals surface area contributed by atoms with Gasteiger partial charge in [-0.3, -0.25) is 4.79 Å². The summed E-state index contributed by atoms with van der Waals surface area (Å²) in [7, 11) is 4.01. The van der Waals surface area contributed by atoms with Crippen LogP contribution in [0.2, 0.25) is 5.02 Å². The predicted octanol–water partition coefficient (Wildman–Crippen LogP) is 4.27. The van der Waals surface area contributed by atoms with Crippen molar-refractivity contribution in [2.24, 2.45) is 5.92 Å². The van der Waals surface area contributed by atoms with Crippen molar-refractivity contribution in [3.05, 3.63) is 58.9 Å². The molecule has 1 aromatic carbocycles. The fraction of sp³-hybridized carbons (Fsp3) is 0.400. The monoisotopic (exact) mass is 481 g/mol. The van der Waals surface area contributed by atoms with Gasteiger partial charge in [0.2, 0.25) is 17.5 Å². The Morgan fingerprint density at radius 1 is 1.21 bits per heavy atom. The maximum atomic E-state index is 13.5. The molecule has 0 spiro atoms. The molecule has 0 N–H and O–H groups in total. The summed E-state index contributed by atoms with van der Waals surface area (Å²) < 4.78 is 11.2. The highest BCUT2D eigenvalue weighted by Gasteiger charge is 2.31. The highest BCUT2D eigenvalue weighted by atomic mass is 35.5. The van der Waals surface area contributed by atoms with Gasteiger partial charge in [0, 0.05) is 43.7 Å². The van der Waals surface area contributed by atoms with Crippen LogP contribution in [0.4, 0.5) is 5.88 Å². The molecule has 0 bridgehead atoms. The lowest BCUT2D eigenvalue weighted by Gasteiger charge is -2.34. The van der Waals surface area contributed by atoms with E-state index >= 15 is 0 Å². The number of piperidine rings is 1. The molecule has 4 rings (SSSR count). The van der Waals surface area contributed by atoms with Gasteiger partial charge in [0.1, 0.15) is 6.07 Å². The Labute approximate surface area is 204 Å². The van der Waals surface area contributed by atoms with Gasteiger partial charge in [0.25, 0.3) is 5.89 Å². The van der Waals surface area contributed by atoms with Gasteiger partial charge in [0.05, 0.1) is 6.26 Å². The minimum atomic E-state index is -0.0799. The van der Waals surface area contributed by atoms with Crippen molar-refractivity contribution in [2.45, 2.75) is 19.4 Å². The molecule has 3 heterocycles. The second-order valence-corrected chi connectivity index (χ2v) is 9.15. The summed E-state index contributed by atoms with van der Waals surface area (Å²) in [6, 6.07) is 13.2. The van der Waals surface area contributed by atoms with Crippen LogP contribution in [-0.2, 0) is 11.3 Å². The highest BCUT2D eigenvalue weighted by Crippen LogP contribution is 2.32. The van der Waals surface area contributed by atoms with Gasteiger partial charge in [-0.1, -0.05) is 23.7 Å². The first-order valence-corrected chi connectivity index (χ1v) is 11.7. The number of carbonyl (C=O) groups is 1. The zero-order valence-electron chi connectivity index (χ0n) is 19.4. The van der Waals surface area contributed by atoms with E-state index in [-0.39, 0.29) is 23.4 Å². The van der Waals surface area contributed by atoms with Gasteiger partial charge in [-0.05, 0) is 56.8 Å². The lowest BCUT2D eigenvalue weighted by atomic mass is 9.95. The van der Waals surface area contributed by atoms with Crippen LogP contribution in [0.3, 0.4) is 0 Å². The molecule has 0 unspecified atom stereocenters. The normalized spacial score (nSPS) is 14.4. The van der Waals surface area contributed by atoms with Crippen molar-refractivity contribution >= 4 is 23.4 Å². The molecule has 1 amide bonds. The van der Waals surface area contributed by atoms with Gasteiger partial charge in [0.15, 0.2) is 5.76 Å². The van der Waals surface area contributed by atoms with Crippen LogP contribution in [0, 0.1) is 17.2 Å². The predicted molar refractivity (Wildman–Crippen MR) is 129 cm³/mol. The van der Waals surface area contributed by atoms with Gasteiger partial charge in [-0.25, -0.2) is 0 Å². The van der Waals surface area contributed by atoms with E-state index < -0.39 is 0 Å². The molecule has 34 heavy (non-hydrogen) atoms. The molecular weight excluding hydrogens is 454 g/mol. The molecule has 1 aliphatic heterocycles. The first kappa shape index (κ1) is 23.9. The first-order chi connectivity index (χ1) is 16.4. The second-order valence-electron chi connectivity index (χ2n) is 8.71. The van der Waals surface area contributed by atoms with Crippen molar-refractivity contribution in [2.75, 3.05) is 45.2 Å². The van der Waals surface area contributed by atoms with E-state index in [9.17, 15) is 10.1 Å². The van der Waals surface area contributed by atoms with E-state index in [1.807, 2.05) is 48.2 Å². The van der Waals surface area contributed by atoms with E-state index in [1.165, 1.54) is 6.26 Å². The van der Waals surface area contributed by atoms with E-state index in [0.717, 1.165) is 12.1 Å². The molecule has 0 aliphatic carbocycles. The summed E-state index contributed by atoms with van der Waals surface area (Å²) >= 11 is 6.02. The Kier molecular flexibility index (Phi) is 7.56. The fourth-order valence-electron chi connectivity index (χ4n) is 4.09. The molecule has 8 nitrogen and oxygen atoms in total. The number of hydrogen-bond donors (Lipinski definition) is 0. The van der Waals surface area contributed by atoms with Crippen molar-refractivity contribution in [1.29, 1.82) is 5.26 Å². The summed E-state index contributed by atoms with van der Waals surface area (Å²) in [6.45, 7) is 3.22. The van der Waals surface area contributed by atoms with Crippen LogP contribution in [0.25, 0.3) is 11.7 Å². The largest absolute Gasteiger partial charge is 0.459 e. The Bertz CT molecular complexity index is 1130. The number of nitriles is 1. The summed E-state index contributed by atoms with van der Waals surface area (Å²) in [5.74, 6) is 1.28. The Balaban J connectivity index is 1.43. The molecule has 0 atom stereocenters. The van der Waals surface area contributed by atoms with Gasteiger partial charge in [-0.2, -0.15) is 10.2 Å². The van der Waals surface area contributed by atoms with Crippen LogP contribution in [0.1, 0.15) is 24.1 Å². The number of nitrogens with zero attached hydrogens (tertiary/aromatic N) is 5. The summed E-state index contributed by atoms with van der Waals surface area (Å²) in [5.41, 5.74) is 1.28. The third-order valence-electron chi connectivity index (χ3n) is 5.99. The third kappa shape index (κ3) is 5.61. The number of benzene rings is 1. The van der Waals surface area contributed by atoms with Gasteiger partial charge < -0.3 is 23.5 Å². The maximum absolute atomic E-state index is 13.5. The number of anilines is 1. The lowest BCUT2D eigenvalue weighted by molar-refractivity contribution is -0.137. The summed E-state index contributed by atoms with van der Waals surface area (Å²) in [5, 5.41) is 10.2. The molecule has 1 fully saturated rings. The van der Waals surface area contributed by atoms with Gasteiger partial charge in [-0.15, -0.1) is 0 Å². The third-order valence-corrected chi connectivity index (χ3v) is 6.25. The quantitative estimate of drug-likeness (QED) is 0.474. The van der Waals surface area contributed by atoms with Gasteiger partial charge >= 0.3 is 0 Å². The number of hydrogen-bond acceptors (Lipinski definition) is 7. The first-order valence-electron chi connectivity index (χ1n) is 11.3. The number of furan rings is 1. The number of likely N-dealkylation sites (N-methyl/N-ethyl adjacent to an activating group) is 1. The maximum Gasteiger partial charge on any atom is 0.266 e. The zero-order chi connectivity index (χ0) is 24.1. The van der Waals surface area contributed by atoms with Crippen molar-refractivity contribution < 1.29 is 13.6 Å². The van der Waals surface area contributed by atoms with E-state index in [1.54, 1.807) is 12.1 Å². The SMILES string of the molecule is CN(C)CCN(Cc1ccc(Cl)cc1)C(=O)C1CCN(c2oc(-c3ccco3)nc2C#N)CC1. The summed E-state index contributed by atoms with van der Waals surface area (Å²) in [6.07, 6.45) is 2.90. The number of amides is 1. The van der Waals surface area contributed by atoms with E-state index in [4.69, 9.17) is 20.4 Å². The van der Waals surface area contributed by atoms with Crippen molar-refractivity contribution in [3.8, 4) is 17.7 Å². The van der Waals surface area contributed by atoms with Crippen LogP contribution >= 0.6 is 11.6 Å². The Morgan fingerprint density at radius 2 is 1.94 bits per heavy atom. The number of rotatable bonds is 8. The smallest absolute Gasteiger partial charge is 0.266 e. The topological polar surface area (TPSA) is 89.8 Å². The molecule has 3 aromatic rings. The minimum absolute atomic E-state index is 0.0799. The van der Waals surface area contributed by atoms with Crippen LogP contribution in [-0.4, -0.2) is 61.0 Å². The van der Waals surface area contributed by atoms with E-state index in [0.29, 0.717) is 55.7 Å². The molecular formula is C25H28ClN5O3. The standard InChI is InChI=1S/C25H28ClN5O3/c1-29(2)13-14-31(17-18-5-7-20(26)8-6-18)24(32)19-9-11-30(12-10-19)25-21(16-27)28-23(34-25)22-4-3-15-33-22/h3-8,15,19H,9-14,17H2,1-2H3. The Hall–Kier alpha value is -3.28. The van der Waals surface area contributed by atoms with Crippen LogP contribution in [0.5, 0.6) is 0 Å². The van der Waals surface area contributed by atoms with Crippen molar-refractivity contribution in [3.63, 3.8) is 0 Å². The average Bonchev–Trinajstić information content (AvgIpc) is 3.52. The lowest BCUT2D eigenvalue weighted by Crippen LogP contribution is -2.44. The van der Waals surface area contributed by atoms with Crippen LogP contribution < -0.4 is 4.90 Å². The Morgan fingerprint density at radius 3 is 2.56 bits per heavy atom. The molecule has 1 aliphatic rings. The molecule has 178 valence electrons. The zero-order valence-corrected chi connectivity index (χ0v) is 20.2. The molecule has 1 saturated heterocycles. The highest BCUT2D eigenvalue weighted by molar-refractivity contribution is 6.30. The van der Waals surface area contributed by atoms with Crippen molar-refractivity contribution in [1.82, 2.24) is 14.8 Å². The van der Waals surface area contributed by atoms with E-state index in [2.05, 4.69) is 16.0 Å². The minimum Gasteiger partial charge on any atom is -0.459 e. The second kappa shape index (κ2) is 10.8. The summed E-state index contributed by atoms with van der Waals surface area (Å²) in [4.78, 5) is 23.7. The molecule has 2 aromatic heterocycles. The average molecular weight is 482 g/mol. The fourth-order valence-corrected chi connectivity index (χ4v) is 4.22. The molecule has 0 saturated carbocycles.